The maximum Gasteiger partial charge on any atom is 0.421 e. The van der Waals surface area contributed by atoms with E-state index in [1.54, 1.807) is 12.1 Å². The molecular weight excluding hydrogens is 417 g/mol. The number of benzene rings is 1. The van der Waals surface area contributed by atoms with Crippen molar-refractivity contribution >= 4 is 17.2 Å². The Hall–Kier alpha value is -3.07. The van der Waals surface area contributed by atoms with Gasteiger partial charge in [-0.25, -0.2) is 0 Å². The molecule has 0 unspecified atom stereocenters. The molecule has 3 rings (SSSR count). The minimum atomic E-state index is -4.78. The number of halogens is 3. The average molecular weight is 436 g/mol. The van der Waals surface area contributed by atoms with Gasteiger partial charge in [-0.15, -0.1) is 11.3 Å². The van der Waals surface area contributed by atoms with Gasteiger partial charge in [0.1, 0.15) is 17.9 Å². The molecule has 0 saturated carbocycles. The number of carbonyl (C=O) groups excluding carboxylic acids is 1. The first-order valence-electron chi connectivity index (χ1n) is 8.98. The maximum absolute atomic E-state index is 13.0. The van der Waals surface area contributed by atoms with Crippen molar-refractivity contribution in [3.8, 4) is 5.75 Å². The van der Waals surface area contributed by atoms with Crippen LogP contribution < -0.4 is 10.3 Å². The van der Waals surface area contributed by atoms with Gasteiger partial charge in [0.2, 0.25) is 5.91 Å². The molecule has 3 aromatic rings. The molecule has 0 radical (unpaired) electrons. The maximum atomic E-state index is 13.0. The van der Waals surface area contributed by atoms with Crippen LogP contribution in [0, 0.1) is 0 Å². The summed E-state index contributed by atoms with van der Waals surface area (Å²) in [5.41, 5.74) is -1.79. The molecule has 0 aliphatic heterocycles. The third-order valence-corrected chi connectivity index (χ3v) is 5.33. The Morgan fingerprint density at radius 1 is 1.10 bits per heavy atom. The lowest BCUT2D eigenvalue weighted by molar-refractivity contribution is -0.139. The second kappa shape index (κ2) is 9.17. The van der Waals surface area contributed by atoms with Crippen molar-refractivity contribution < 1.29 is 22.7 Å². The van der Waals surface area contributed by atoms with Crippen molar-refractivity contribution in [3.05, 3.63) is 86.5 Å². The number of rotatable bonds is 7. The van der Waals surface area contributed by atoms with Crippen LogP contribution in [0.25, 0.3) is 0 Å². The van der Waals surface area contributed by atoms with Crippen molar-refractivity contribution in [3.63, 3.8) is 0 Å². The summed E-state index contributed by atoms with van der Waals surface area (Å²) in [7, 11) is 1.52. The molecular formula is C21H19F3N2O3S. The molecule has 2 aromatic heterocycles. The molecule has 0 atom stereocenters. The van der Waals surface area contributed by atoms with Gasteiger partial charge in [-0.05, 0) is 29.6 Å². The number of aromatic nitrogens is 1. The van der Waals surface area contributed by atoms with Gasteiger partial charge in [-0.2, -0.15) is 13.2 Å². The van der Waals surface area contributed by atoms with Crippen LogP contribution in [0.1, 0.15) is 16.0 Å². The number of hydrogen-bond acceptors (Lipinski definition) is 4. The number of ether oxygens (including phenoxy) is 1. The first kappa shape index (κ1) is 21.6. The minimum Gasteiger partial charge on any atom is -0.496 e. The Bertz CT molecular complexity index is 1060. The third kappa shape index (κ3) is 5.10. The zero-order valence-electron chi connectivity index (χ0n) is 16.1. The van der Waals surface area contributed by atoms with Crippen LogP contribution in [-0.4, -0.2) is 22.5 Å². The highest BCUT2D eigenvalue weighted by molar-refractivity contribution is 7.09. The predicted molar refractivity (Wildman–Crippen MR) is 107 cm³/mol. The molecule has 0 N–H and O–H groups in total. The molecule has 0 aliphatic carbocycles. The number of para-hydroxylation sites is 1. The molecule has 0 bridgehead atoms. The first-order chi connectivity index (χ1) is 14.3. The number of pyridine rings is 1. The van der Waals surface area contributed by atoms with Gasteiger partial charge < -0.3 is 14.2 Å². The van der Waals surface area contributed by atoms with Crippen LogP contribution >= 0.6 is 11.3 Å². The van der Waals surface area contributed by atoms with Crippen LogP contribution in [0.15, 0.2) is 64.9 Å². The lowest BCUT2D eigenvalue weighted by atomic mass is 10.2. The van der Waals surface area contributed by atoms with Gasteiger partial charge in [0, 0.05) is 23.2 Å². The highest BCUT2D eigenvalue weighted by Crippen LogP contribution is 2.26. The number of nitrogens with zero attached hydrogens (tertiary/aromatic N) is 2. The molecule has 0 aliphatic rings. The highest BCUT2D eigenvalue weighted by Gasteiger charge is 2.34. The topological polar surface area (TPSA) is 51.5 Å². The average Bonchev–Trinajstić information content (AvgIpc) is 3.21. The molecule has 0 saturated heterocycles. The monoisotopic (exact) mass is 436 g/mol. The molecule has 0 fully saturated rings. The fourth-order valence-corrected chi connectivity index (χ4v) is 3.70. The molecule has 9 heteroatoms. The zero-order valence-corrected chi connectivity index (χ0v) is 16.9. The largest absolute Gasteiger partial charge is 0.496 e. The van der Waals surface area contributed by atoms with Crippen molar-refractivity contribution in [2.75, 3.05) is 7.11 Å². The predicted octanol–water partition coefficient (Wildman–Crippen LogP) is 4.17. The van der Waals surface area contributed by atoms with Gasteiger partial charge in [-0.1, -0.05) is 24.3 Å². The van der Waals surface area contributed by atoms with Gasteiger partial charge >= 0.3 is 6.18 Å². The van der Waals surface area contributed by atoms with Crippen LogP contribution in [0.3, 0.4) is 0 Å². The van der Waals surface area contributed by atoms with E-state index in [4.69, 9.17) is 4.74 Å². The van der Waals surface area contributed by atoms with Gasteiger partial charge in [0.05, 0.1) is 13.7 Å². The summed E-state index contributed by atoms with van der Waals surface area (Å²) < 4.78 is 45.2. The number of thiophene rings is 1. The molecule has 1 aromatic carbocycles. The van der Waals surface area contributed by atoms with Crippen LogP contribution in [0.5, 0.6) is 5.75 Å². The van der Waals surface area contributed by atoms with E-state index in [0.717, 1.165) is 21.1 Å². The molecule has 30 heavy (non-hydrogen) atoms. The van der Waals surface area contributed by atoms with Crippen LogP contribution in [-0.2, 0) is 30.6 Å². The van der Waals surface area contributed by atoms with Crippen LogP contribution in [0.2, 0.25) is 0 Å². The number of alkyl halides is 3. The second-order valence-electron chi connectivity index (χ2n) is 6.49. The molecule has 158 valence electrons. The molecule has 2 heterocycles. The SMILES string of the molecule is COc1ccccc1CN(Cc1cccs1)C(=O)Cn1cccc(C(F)(F)F)c1=O. The van der Waals surface area contributed by atoms with E-state index >= 15 is 0 Å². The van der Waals surface area contributed by atoms with E-state index in [1.807, 2.05) is 29.6 Å². The molecule has 5 nitrogen and oxygen atoms in total. The van der Waals surface area contributed by atoms with Crippen molar-refractivity contribution in [2.45, 2.75) is 25.8 Å². The summed E-state index contributed by atoms with van der Waals surface area (Å²) >= 11 is 1.46. The Morgan fingerprint density at radius 2 is 1.87 bits per heavy atom. The number of hydrogen-bond donors (Lipinski definition) is 0. The standard InChI is InChI=1S/C21H19F3N2O3S/c1-29-18-9-3-2-6-15(18)12-26(13-16-7-5-11-30-16)19(27)14-25-10-4-8-17(20(25)28)21(22,23)24/h2-11H,12-14H2,1H3. The normalized spacial score (nSPS) is 11.3. The molecule has 0 spiro atoms. The smallest absolute Gasteiger partial charge is 0.421 e. The Kier molecular flexibility index (Phi) is 6.61. The summed E-state index contributed by atoms with van der Waals surface area (Å²) in [6.07, 6.45) is -3.60. The van der Waals surface area contributed by atoms with E-state index in [0.29, 0.717) is 11.8 Å². The molecule has 1 amide bonds. The summed E-state index contributed by atoms with van der Waals surface area (Å²) in [4.78, 5) is 27.6. The second-order valence-corrected chi connectivity index (χ2v) is 7.53. The van der Waals surface area contributed by atoms with E-state index < -0.39 is 29.8 Å². The first-order valence-corrected chi connectivity index (χ1v) is 9.86. The van der Waals surface area contributed by atoms with Crippen molar-refractivity contribution in [2.24, 2.45) is 0 Å². The number of methoxy groups -OCH3 is 1. The van der Waals surface area contributed by atoms with Crippen molar-refractivity contribution in [1.82, 2.24) is 9.47 Å². The fourth-order valence-electron chi connectivity index (χ4n) is 2.98. The lowest BCUT2D eigenvalue weighted by Gasteiger charge is -2.24. The van der Waals surface area contributed by atoms with Gasteiger partial charge in [0.15, 0.2) is 0 Å². The minimum absolute atomic E-state index is 0.189. The Balaban J connectivity index is 1.88. The summed E-state index contributed by atoms with van der Waals surface area (Å²) in [6.45, 7) is -0.0417. The summed E-state index contributed by atoms with van der Waals surface area (Å²) in [5, 5.41) is 1.87. The summed E-state index contributed by atoms with van der Waals surface area (Å²) in [5.74, 6) is 0.119. The highest BCUT2D eigenvalue weighted by atomic mass is 32.1. The van der Waals surface area contributed by atoms with Gasteiger partial charge in [-0.3, -0.25) is 9.59 Å². The van der Waals surface area contributed by atoms with Crippen molar-refractivity contribution in [1.29, 1.82) is 0 Å². The van der Waals surface area contributed by atoms with E-state index in [1.165, 1.54) is 29.5 Å². The quantitative estimate of drug-likeness (QED) is 0.559. The lowest BCUT2D eigenvalue weighted by Crippen LogP contribution is -2.37. The van der Waals surface area contributed by atoms with Crippen LogP contribution in [0.4, 0.5) is 13.2 Å². The Morgan fingerprint density at radius 3 is 2.53 bits per heavy atom. The van der Waals surface area contributed by atoms with E-state index in [9.17, 15) is 22.8 Å². The fraction of sp³-hybridized carbons (Fsp3) is 0.238. The Labute approximate surface area is 174 Å². The number of carbonyl (C=O) groups is 1. The third-order valence-electron chi connectivity index (χ3n) is 4.46. The van der Waals surface area contributed by atoms with E-state index in [2.05, 4.69) is 0 Å². The van der Waals surface area contributed by atoms with Gasteiger partial charge in [0.25, 0.3) is 5.56 Å². The van der Waals surface area contributed by atoms with E-state index in [-0.39, 0.29) is 13.1 Å². The zero-order chi connectivity index (χ0) is 21.7. The summed E-state index contributed by atoms with van der Waals surface area (Å²) in [6, 6.07) is 12.7. The number of amides is 1.